The minimum atomic E-state index is -0.0417. The number of hydrogen-bond donors (Lipinski definition) is 1. The molecule has 1 saturated heterocycles. The van der Waals surface area contributed by atoms with Crippen LogP contribution in [0, 0.1) is 6.92 Å². The van der Waals surface area contributed by atoms with Gasteiger partial charge in [-0.2, -0.15) is 14.6 Å². The van der Waals surface area contributed by atoms with Crippen LogP contribution in [0.25, 0.3) is 5.78 Å². The Morgan fingerprint density at radius 2 is 1.96 bits per heavy atom. The quantitative estimate of drug-likeness (QED) is 0.754. The van der Waals surface area contributed by atoms with Crippen LogP contribution in [0.2, 0.25) is 0 Å². The van der Waals surface area contributed by atoms with E-state index in [4.69, 9.17) is 0 Å². The van der Waals surface area contributed by atoms with Crippen molar-refractivity contribution in [3.05, 3.63) is 47.9 Å². The second-order valence-electron chi connectivity index (χ2n) is 7.04. The largest absolute Gasteiger partial charge is 0.353 e. The molecule has 0 atom stereocenters. The summed E-state index contributed by atoms with van der Waals surface area (Å²) in [4.78, 5) is 25.4. The van der Waals surface area contributed by atoms with Gasteiger partial charge in [0.2, 0.25) is 0 Å². The van der Waals surface area contributed by atoms with Crippen molar-refractivity contribution in [2.75, 3.05) is 36.4 Å². The smallest absolute Gasteiger partial charge is 0.321 e. The van der Waals surface area contributed by atoms with Crippen LogP contribution >= 0.6 is 0 Å². The van der Waals surface area contributed by atoms with Gasteiger partial charge in [-0.1, -0.05) is 31.5 Å². The highest BCUT2D eigenvalue weighted by molar-refractivity contribution is 5.90. The molecule has 0 radical (unpaired) electrons. The van der Waals surface area contributed by atoms with Gasteiger partial charge in [-0.25, -0.2) is 9.78 Å². The van der Waals surface area contributed by atoms with Gasteiger partial charge in [0.05, 0.1) is 0 Å². The first-order valence-corrected chi connectivity index (χ1v) is 9.72. The summed E-state index contributed by atoms with van der Waals surface area (Å²) in [6.07, 6.45) is 3.52. The molecule has 2 amide bonds. The van der Waals surface area contributed by atoms with Gasteiger partial charge in [0.1, 0.15) is 12.1 Å². The number of amides is 2. The summed E-state index contributed by atoms with van der Waals surface area (Å²) in [5.74, 6) is 1.57. The average molecular weight is 379 g/mol. The predicted molar refractivity (Wildman–Crippen MR) is 109 cm³/mol. The van der Waals surface area contributed by atoms with Crippen LogP contribution in [0.4, 0.5) is 16.3 Å². The maximum atomic E-state index is 12.8. The van der Waals surface area contributed by atoms with Crippen LogP contribution < -0.4 is 10.2 Å². The third-order valence-corrected chi connectivity index (χ3v) is 5.03. The second kappa shape index (κ2) is 7.84. The molecule has 8 nitrogen and oxygen atoms in total. The summed E-state index contributed by atoms with van der Waals surface area (Å²) in [6, 6.07) is 9.99. The summed E-state index contributed by atoms with van der Waals surface area (Å²) in [5, 5.41) is 7.37. The highest BCUT2D eigenvalue weighted by Crippen LogP contribution is 2.20. The normalized spacial score (nSPS) is 14.5. The SMILES string of the molecule is CCCc1ccccc1NC(=O)N1CCN(c2cc(C)nc3ncnn23)CC1. The van der Waals surface area contributed by atoms with Crippen LogP contribution in [-0.4, -0.2) is 56.7 Å². The molecule has 3 aromatic rings. The van der Waals surface area contributed by atoms with Crippen molar-refractivity contribution < 1.29 is 4.79 Å². The van der Waals surface area contributed by atoms with Crippen LogP contribution in [0.15, 0.2) is 36.7 Å². The molecule has 1 N–H and O–H groups in total. The van der Waals surface area contributed by atoms with E-state index in [1.54, 1.807) is 4.52 Å². The van der Waals surface area contributed by atoms with Crippen LogP contribution in [0.5, 0.6) is 0 Å². The topological polar surface area (TPSA) is 78.7 Å². The zero-order chi connectivity index (χ0) is 19.5. The van der Waals surface area contributed by atoms with Gasteiger partial charge in [0, 0.05) is 43.6 Å². The molecule has 3 heterocycles. The van der Waals surface area contributed by atoms with Gasteiger partial charge in [0.15, 0.2) is 0 Å². The van der Waals surface area contributed by atoms with Crippen molar-refractivity contribution in [1.82, 2.24) is 24.5 Å². The molecule has 1 aliphatic heterocycles. The average Bonchev–Trinajstić information content (AvgIpc) is 3.17. The fourth-order valence-corrected chi connectivity index (χ4v) is 3.60. The Hall–Kier alpha value is -3.16. The second-order valence-corrected chi connectivity index (χ2v) is 7.04. The predicted octanol–water partition coefficient (Wildman–Crippen LogP) is 2.74. The Kier molecular flexibility index (Phi) is 5.10. The highest BCUT2D eigenvalue weighted by atomic mass is 16.2. The van der Waals surface area contributed by atoms with E-state index in [1.807, 2.05) is 36.1 Å². The van der Waals surface area contributed by atoms with Gasteiger partial charge >= 0.3 is 6.03 Å². The Morgan fingerprint density at radius 3 is 2.75 bits per heavy atom. The summed E-state index contributed by atoms with van der Waals surface area (Å²) in [5.41, 5.74) is 2.99. The molecule has 0 bridgehead atoms. The molecule has 1 fully saturated rings. The molecule has 146 valence electrons. The molecule has 2 aromatic heterocycles. The molecule has 0 spiro atoms. The standard InChI is InChI=1S/C20H25N7O/c1-3-6-16-7-4-5-8-17(16)24-20(28)26-11-9-25(10-12-26)18-13-15(2)23-19-21-14-22-27(18)19/h4-5,7-8,13-14H,3,6,9-12H2,1-2H3,(H,24,28). The molecule has 1 aromatic carbocycles. The van der Waals surface area contributed by atoms with E-state index in [1.165, 1.54) is 11.9 Å². The summed E-state index contributed by atoms with van der Waals surface area (Å²) in [7, 11) is 0. The lowest BCUT2D eigenvalue weighted by atomic mass is 10.1. The lowest BCUT2D eigenvalue weighted by molar-refractivity contribution is 0.208. The molecule has 0 aliphatic carbocycles. The van der Waals surface area contributed by atoms with Crippen LogP contribution in [-0.2, 0) is 6.42 Å². The van der Waals surface area contributed by atoms with E-state index in [0.717, 1.165) is 43.1 Å². The number of carbonyl (C=O) groups excluding carboxylic acids is 1. The number of anilines is 2. The number of urea groups is 1. The van der Waals surface area contributed by atoms with Gasteiger partial charge in [-0.05, 0) is 25.0 Å². The number of carbonyl (C=O) groups is 1. The Balaban J connectivity index is 1.43. The van der Waals surface area contributed by atoms with Crippen LogP contribution in [0.1, 0.15) is 24.6 Å². The number of benzene rings is 1. The lowest BCUT2D eigenvalue weighted by Crippen LogP contribution is -2.50. The number of nitrogens with zero attached hydrogens (tertiary/aromatic N) is 6. The maximum absolute atomic E-state index is 12.8. The molecule has 8 heteroatoms. The molecular formula is C20H25N7O. The minimum Gasteiger partial charge on any atom is -0.353 e. The van der Waals surface area contributed by atoms with Gasteiger partial charge < -0.3 is 15.1 Å². The fraction of sp³-hybridized carbons (Fsp3) is 0.400. The molecule has 0 unspecified atom stereocenters. The number of aromatic nitrogens is 4. The van der Waals surface area contributed by atoms with Crippen molar-refractivity contribution in [2.45, 2.75) is 26.7 Å². The van der Waals surface area contributed by atoms with Gasteiger partial charge in [-0.3, -0.25) is 0 Å². The van der Waals surface area contributed by atoms with Gasteiger partial charge in [-0.15, -0.1) is 0 Å². The Morgan fingerprint density at radius 1 is 1.18 bits per heavy atom. The number of rotatable bonds is 4. The van der Waals surface area contributed by atoms with Crippen molar-refractivity contribution in [1.29, 1.82) is 0 Å². The summed E-state index contributed by atoms with van der Waals surface area (Å²) in [6.45, 7) is 6.88. The highest BCUT2D eigenvalue weighted by Gasteiger charge is 2.23. The van der Waals surface area contributed by atoms with E-state index in [-0.39, 0.29) is 6.03 Å². The van der Waals surface area contributed by atoms with E-state index >= 15 is 0 Å². The first kappa shape index (κ1) is 18.2. The monoisotopic (exact) mass is 379 g/mol. The van der Waals surface area contributed by atoms with Crippen molar-refractivity contribution in [3.8, 4) is 0 Å². The lowest BCUT2D eigenvalue weighted by Gasteiger charge is -2.36. The molecular weight excluding hydrogens is 354 g/mol. The van der Waals surface area contributed by atoms with E-state index in [2.05, 4.69) is 38.3 Å². The number of hydrogen-bond acceptors (Lipinski definition) is 5. The number of para-hydroxylation sites is 1. The summed E-state index contributed by atoms with van der Waals surface area (Å²) < 4.78 is 1.75. The third-order valence-electron chi connectivity index (χ3n) is 5.03. The van der Waals surface area contributed by atoms with Crippen molar-refractivity contribution in [3.63, 3.8) is 0 Å². The number of fused-ring (bicyclic) bond motifs is 1. The zero-order valence-corrected chi connectivity index (χ0v) is 16.3. The number of nitrogens with one attached hydrogen (secondary N) is 1. The number of aryl methyl sites for hydroxylation is 2. The molecule has 28 heavy (non-hydrogen) atoms. The Bertz CT molecular complexity index is 976. The van der Waals surface area contributed by atoms with E-state index in [9.17, 15) is 4.79 Å². The van der Waals surface area contributed by atoms with E-state index < -0.39 is 0 Å². The first-order chi connectivity index (χ1) is 13.7. The molecule has 1 aliphatic rings. The number of piperazine rings is 1. The van der Waals surface area contributed by atoms with Crippen LogP contribution in [0.3, 0.4) is 0 Å². The minimum absolute atomic E-state index is 0.0417. The summed E-state index contributed by atoms with van der Waals surface area (Å²) >= 11 is 0. The molecule has 0 saturated carbocycles. The molecule has 4 rings (SSSR count). The fourth-order valence-electron chi connectivity index (χ4n) is 3.60. The van der Waals surface area contributed by atoms with Crippen molar-refractivity contribution >= 4 is 23.3 Å². The van der Waals surface area contributed by atoms with Gasteiger partial charge in [0.25, 0.3) is 5.78 Å². The third kappa shape index (κ3) is 3.62. The Labute approximate surface area is 164 Å². The maximum Gasteiger partial charge on any atom is 0.321 e. The first-order valence-electron chi connectivity index (χ1n) is 9.72. The van der Waals surface area contributed by atoms with E-state index in [0.29, 0.717) is 18.9 Å². The zero-order valence-electron chi connectivity index (χ0n) is 16.3. The van der Waals surface area contributed by atoms with Crippen molar-refractivity contribution in [2.24, 2.45) is 0 Å².